The van der Waals surface area contributed by atoms with Crippen molar-refractivity contribution in [2.45, 2.75) is 77.3 Å². The van der Waals surface area contributed by atoms with Gasteiger partial charge < -0.3 is 24.8 Å². The Morgan fingerprint density at radius 2 is 1.75 bits per heavy atom. The lowest BCUT2D eigenvalue weighted by molar-refractivity contribution is -0.146. The Bertz CT molecular complexity index is 1680. The SMILES string of the molecule is COc1ccc([Si](C)(C)[C@H]2[C@H](CCO)O[C@@]3(C(=O)N(C/C=C(\C)CCC=C(C)C)c4ccc(NC(=O)c5ccccc5)cc43)[C@@H]2C)cc1. The van der Waals surface area contributed by atoms with Gasteiger partial charge in [-0.2, -0.15) is 0 Å². The van der Waals surface area contributed by atoms with Gasteiger partial charge in [0.2, 0.25) is 0 Å². The fourth-order valence-electron chi connectivity index (χ4n) is 7.70. The molecule has 1 spiro atoms. The van der Waals surface area contributed by atoms with E-state index < -0.39 is 13.7 Å². The highest BCUT2D eigenvalue weighted by Crippen LogP contribution is 2.60. The van der Waals surface area contributed by atoms with E-state index in [-0.39, 0.29) is 36.0 Å². The number of amides is 2. The number of nitrogens with one attached hydrogen (secondary N) is 1. The van der Waals surface area contributed by atoms with Crippen molar-refractivity contribution in [3.63, 3.8) is 0 Å². The second-order valence-electron chi connectivity index (χ2n) is 14.0. The molecule has 0 saturated carbocycles. The molecule has 254 valence electrons. The van der Waals surface area contributed by atoms with Gasteiger partial charge in [-0.15, -0.1) is 0 Å². The number of ether oxygens (including phenoxy) is 2. The lowest BCUT2D eigenvalue weighted by atomic mass is 9.82. The maximum atomic E-state index is 14.9. The quantitative estimate of drug-likeness (QED) is 0.154. The number of rotatable bonds is 12. The average Bonchev–Trinajstić information content (AvgIpc) is 3.50. The number of carbonyl (C=O) groups excluding carboxylic acids is 2. The van der Waals surface area contributed by atoms with Crippen LogP contribution in [0.3, 0.4) is 0 Å². The molecule has 1 saturated heterocycles. The molecule has 1 fully saturated rings. The van der Waals surface area contributed by atoms with Gasteiger partial charge in [0.1, 0.15) is 5.75 Å². The lowest BCUT2D eigenvalue weighted by Crippen LogP contribution is -2.51. The highest BCUT2D eigenvalue weighted by atomic mass is 28.3. The van der Waals surface area contributed by atoms with Crippen molar-refractivity contribution in [1.82, 2.24) is 0 Å². The molecule has 0 bridgehead atoms. The number of methoxy groups -OCH3 is 1. The Kier molecular flexibility index (Phi) is 10.8. The van der Waals surface area contributed by atoms with Gasteiger partial charge in [0.25, 0.3) is 11.8 Å². The number of benzene rings is 3. The van der Waals surface area contributed by atoms with E-state index in [1.165, 1.54) is 16.3 Å². The van der Waals surface area contributed by atoms with Crippen molar-refractivity contribution in [3.8, 4) is 5.75 Å². The van der Waals surface area contributed by atoms with Gasteiger partial charge in [-0.05, 0) is 88.0 Å². The number of aliphatic hydroxyl groups is 1. The predicted octanol–water partition coefficient (Wildman–Crippen LogP) is 7.59. The van der Waals surface area contributed by atoms with E-state index in [9.17, 15) is 14.7 Å². The van der Waals surface area contributed by atoms with E-state index in [2.05, 4.69) is 70.4 Å². The minimum absolute atomic E-state index is 0.0266. The van der Waals surface area contributed by atoms with Crippen molar-refractivity contribution in [2.75, 3.05) is 30.5 Å². The maximum absolute atomic E-state index is 14.9. The number of aliphatic hydroxyl groups excluding tert-OH is 1. The molecule has 2 amide bonds. The van der Waals surface area contributed by atoms with Crippen LogP contribution in [-0.4, -0.2) is 51.4 Å². The van der Waals surface area contributed by atoms with E-state index in [0.717, 1.165) is 29.8 Å². The first-order valence-corrected chi connectivity index (χ1v) is 20.1. The number of allylic oxidation sites excluding steroid dienone is 3. The number of hydrogen-bond donors (Lipinski definition) is 2. The third kappa shape index (κ3) is 6.79. The van der Waals surface area contributed by atoms with Gasteiger partial charge in [-0.3, -0.25) is 9.59 Å². The van der Waals surface area contributed by atoms with Crippen molar-refractivity contribution in [3.05, 3.63) is 107 Å². The van der Waals surface area contributed by atoms with Crippen LogP contribution in [-0.2, 0) is 15.1 Å². The molecule has 2 heterocycles. The highest BCUT2D eigenvalue weighted by molar-refractivity contribution is 6.91. The summed E-state index contributed by atoms with van der Waals surface area (Å²) in [6, 6.07) is 23.1. The summed E-state index contributed by atoms with van der Waals surface area (Å²) >= 11 is 0. The predicted molar refractivity (Wildman–Crippen MR) is 197 cm³/mol. The van der Waals surface area contributed by atoms with Crippen LogP contribution in [0.15, 0.2) is 96.1 Å². The minimum Gasteiger partial charge on any atom is -0.497 e. The summed E-state index contributed by atoms with van der Waals surface area (Å²) in [6.45, 7) is 13.5. The molecule has 0 aromatic heterocycles. The van der Waals surface area contributed by atoms with Crippen LogP contribution in [0.5, 0.6) is 5.75 Å². The molecule has 0 aliphatic carbocycles. The zero-order chi connectivity index (χ0) is 34.6. The van der Waals surface area contributed by atoms with Crippen molar-refractivity contribution in [1.29, 1.82) is 0 Å². The number of carbonyl (C=O) groups is 2. The number of hydrogen-bond acceptors (Lipinski definition) is 5. The molecule has 3 aromatic carbocycles. The van der Waals surface area contributed by atoms with E-state index in [1.807, 2.05) is 53.4 Å². The van der Waals surface area contributed by atoms with Crippen LogP contribution in [0, 0.1) is 5.92 Å². The number of nitrogens with zero attached hydrogens (tertiary/aromatic N) is 1. The minimum atomic E-state index is -2.31. The van der Waals surface area contributed by atoms with E-state index >= 15 is 0 Å². The summed E-state index contributed by atoms with van der Waals surface area (Å²) in [5, 5.41) is 14.5. The number of fused-ring (bicyclic) bond motifs is 2. The second-order valence-corrected chi connectivity index (χ2v) is 18.7. The Balaban J connectivity index is 1.57. The standard InChI is InChI=1S/C40H50N2O5Si/c1-27(2)12-11-13-28(3)22-24-42-35-21-16-31(41-38(44)30-14-9-8-10-15-30)26-34(35)40(39(42)45)29(4)37(36(47-40)23-25-43)48(6,7)33-19-17-32(46-5)18-20-33/h8-10,12,14-22,26,29,36-37,43H,11,13,23-25H2,1-7H3,(H,41,44)/b28-22+/t29-,36+,37-,40+/m1/s1. The van der Waals surface area contributed by atoms with Crippen molar-refractivity contribution < 1.29 is 24.2 Å². The second kappa shape index (κ2) is 14.6. The Hall–Kier alpha value is -3.98. The normalized spacial score (nSPS) is 22.2. The first-order valence-electron chi connectivity index (χ1n) is 17.0. The molecular formula is C40H50N2O5Si. The van der Waals surface area contributed by atoms with Crippen LogP contribution in [0.2, 0.25) is 18.6 Å². The van der Waals surface area contributed by atoms with Crippen LogP contribution >= 0.6 is 0 Å². The first-order chi connectivity index (χ1) is 22.9. The summed E-state index contributed by atoms with van der Waals surface area (Å²) in [5.41, 5.74) is 4.02. The van der Waals surface area contributed by atoms with Crippen LogP contribution in [0.1, 0.15) is 62.9 Å². The fourth-order valence-corrected chi connectivity index (χ4v) is 11.8. The van der Waals surface area contributed by atoms with Crippen molar-refractivity contribution >= 4 is 36.4 Å². The average molecular weight is 667 g/mol. The maximum Gasteiger partial charge on any atom is 0.264 e. The fraction of sp³-hybridized carbons (Fsp3) is 0.400. The van der Waals surface area contributed by atoms with E-state index in [1.54, 1.807) is 19.2 Å². The Labute approximate surface area is 286 Å². The summed E-state index contributed by atoms with van der Waals surface area (Å²) in [4.78, 5) is 30.0. The molecule has 2 N–H and O–H groups in total. The summed E-state index contributed by atoms with van der Waals surface area (Å²) in [5.74, 6) is 0.296. The van der Waals surface area contributed by atoms with Gasteiger partial charge in [0.05, 0.1) is 27.0 Å². The number of anilines is 2. The molecule has 0 radical (unpaired) electrons. The third-order valence-electron chi connectivity index (χ3n) is 10.3. The molecular weight excluding hydrogens is 617 g/mol. The van der Waals surface area contributed by atoms with Crippen LogP contribution in [0.4, 0.5) is 11.4 Å². The molecule has 48 heavy (non-hydrogen) atoms. The molecule has 3 aromatic rings. The lowest BCUT2D eigenvalue weighted by Gasteiger charge is -2.37. The molecule has 8 heteroatoms. The molecule has 5 rings (SSSR count). The topological polar surface area (TPSA) is 88.1 Å². The Morgan fingerprint density at radius 3 is 2.40 bits per heavy atom. The van der Waals surface area contributed by atoms with Gasteiger partial charge >= 0.3 is 0 Å². The van der Waals surface area contributed by atoms with Crippen molar-refractivity contribution in [2.24, 2.45) is 5.92 Å². The molecule has 0 unspecified atom stereocenters. The molecule has 7 nitrogen and oxygen atoms in total. The summed E-state index contributed by atoms with van der Waals surface area (Å²) in [7, 11) is -0.643. The van der Waals surface area contributed by atoms with Gasteiger partial charge in [-0.25, -0.2) is 0 Å². The first kappa shape index (κ1) is 35.3. The third-order valence-corrected chi connectivity index (χ3v) is 14.6. The zero-order valence-electron chi connectivity index (χ0n) is 29.4. The van der Waals surface area contributed by atoms with Gasteiger partial charge in [-0.1, -0.05) is 78.8 Å². The van der Waals surface area contributed by atoms with Gasteiger partial charge in [0, 0.05) is 35.9 Å². The zero-order valence-corrected chi connectivity index (χ0v) is 30.4. The van der Waals surface area contributed by atoms with E-state index in [0.29, 0.717) is 24.2 Å². The summed E-state index contributed by atoms with van der Waals surface area (Å²) < 4.78 is 12.5. The van der Waals surface area contributed by atoms with Gasteiger partial charge in [0.15, 0.2) is 5.60 Å². The van der Waals surface area contributed by atoms with E-state index in [4.69, 9.17) is 9.47 Å². The molecule has 4 atom stereocenters. The smallest absolute Gasteiger partial charge is 0.264 e. The van der Waals surface area contributed by atoms with Crippen LogP contribution in [0.25, 0.3) is 0 Å². The highest BCUT2D eigenvalue weighted by Gasteiger charge is 2.66. The molecule has 2 aliphatic rings. The summed E-state index contributed by atoms with van der Waals surface area (Å²) in [6.07, 6.45) is 6.36. The Morgan fingerprint density at radius 1 is 1.04 bits per heavy atom. The monoisotopic (exact) mass is 666 g/mol. The largest absolute Gasteiger partial charge is 0.497 e. The van der Waals surface area contributed by atoms with Crippen LogP contribution < -0.4 is 20.1 Å². The molecule has 2 aliphatic heterocycles.